The van der Waals surface area contributed by atoms with Crippen molar-refractivity contribution in [1.82, 2.24) is 5.32 Å². The molecular weight excluding hydrogens is 517 g/mol. The second-order valence-corrected chi connectivity index (χ2v) is 9.55. The minimum Gasteiger partial charge on any atom is -0.349 e. The summed E-state index contributed by atoms with van der Waals surface area (Å²) in [4.78, 5) is 15.9. The molecule has 0 saturated carbocycles. The molecule has 0 radical (unpaired) electrons. The van der Waals surface area contributed by atoms with Crippen molar-refractivity contribution in [3.05, 3.63) is 68.2 Å². The van der Waals surface area contributed by atoms with Gasteiger partial charge in [0.1, 0.15) is 5.41 Å². The smallest absolute Gasteiger partial charge is 0.349 e. The molecule has 0 spiro atoms. The molecule has 188 valence electrons. The fourth-order valence-corrected chi connectivity index (χ4v) is 5.12. The molecule has 0 fully saturated rings. The Kier molecular flexibility index (Phi) is 6.64. The third kappa shape index (κ3) is 4.65. The number of nitrogens with one attached hydrogen (secondary N) is 1. The van der Waals surface area contributed by atoms with Gasteiger partial charge < -0.3 is 5.32 Å². The fourth-order valence-electron chi connectivity index (χ4n) is 4.68. The van der Waals surface area contributed by atoms with E-state index in [-0.39, 0.29) is 17.7 Å². The zero-order chi connectivity index (χ0) is 25.8. The summed E-state index contributed by atoms with van der Waals surface area (Å²) < 4.78 is 83.5. The van der Waals surface area contributed by atoms with Crippen LogP contribution in [0.25, 0.3) is 0 Å². The van der Waals surface area contributed by atoms with Crippen LogP contribution >= 0.6 is 23.2 Å². The van der Waals surface area contributed by atoms with E-state index < -0.39 is 51.9 Å². The maximum Gasteiger partial charge on any atom is 0.417 e. The molecule has 1 heterocycles. The van der Waals surface area contributed by atoms with Gasteiger partial charge in [0.05, 0.1) is 28.2 Å². The average Bonchev–Trinajstić information content (AvgIpc) is 3.39. The Labute approximate surface area is 207 Å². The highest BCUT2D eigenvalue weighted by Crippen LogP contribution is 2.51. The Bertz CT molecular complexity index is 1210. The Morgan fingerprint density at radius 3 is 2.49 bits per heavy atom. The molecule has 2 aliphatic rings. The minimum absolute atomic E-state index is 0.0955. The summed E-state index contributed by atoms with van der Waals surface area (Å²) in [5, 5.41) is 1.47. The molecule has 11 heteroatoms. The monoisotopic (exact) mass is 536 g/mol. The molecule has 2 atom stereocenters. The van der Waals surface area contributed by atoms with E-state index in [9.17, 15) is 31.1 Å². The first-order valence-electron chi connectivity index (χ1n) is 10.9. The van der Waals surface area contributed by atoms with Crippen LogP contribution in [0.4, 0.5) is 26.3 Å². The van der Waals surface area contributed by atoms with Crippen LogP contribution < -0.4 is 5.32 Å². The summed E-state index contributed by atoms with van der Waals surface area (Å²) >= 11 is 11.5. The lowest BCUT2D eigenvalue weighted by Gasteiger charge is -2.32. The van der Waals surface area contributed by atoms with E-state index in [1.807, 2.05) is 0 Å². The summed E-state index contributed by atoms with van der Waals surface area (Å²) in [6.07, 6.45) is -8.87. The van der Waals surface area contributed by atoms with Crippen molar-refractivity contribution < 1.29 is 31.1 Å². The van der Waals surface area contributed by atoms with Crippen LogP contribution in [0.15, 0.2) is 35.3 Å². The number of hydrogen-bond donors (Lipinski definition) is 1. The van der Waals surface area contributed by atoms with Crippen LogP contribution in [-0.2, 0) is 22.8 Å². The zero-order valence-corrected chi connectivity index (χ0v) is 19.9. The van der Waals surface area contributed by atoms with Crippen LogP contribution in [0.5, 0.6) is 0 Å². The number of aryl methyl sites for hydroxylation is 1. The van der Waals surface area contributed by atoms with Crippen LogP contribution in [0.2, 0.25) is 10.0 Å². The number of halogens is 8. The molecule has 0 aromatic heterocycles. The van der Waals surface area contributed by atoms with Gasteiger partial charge in [-0.1, -0.05) is 42.3 Å². The normalized spacial score (nSPS) is 22.2. The number of carbonyl (C=O) groups is 1. The van der Waals surface area contributed by atoms with Gasteiger partial charge in [-0.15, -0.1) is 0 Å². The van der Waals surface area contributed by atoms with Gasteiger partial charge in [-0.2, -0.15) is 26.3 Å². The van der Waals surface area contributed by atoms with Crippen molar-refractivity contribution in [2.45, 2.75) is 56.4 Å². The first kappa shape index (κ1) is 25.8. The van der Waals surface area contributed by atoms with E-state index in [1.54, 1.807) is 25.1 Å². The van der Waals surface area contributed by atoms with E-state index in [0.29, 0.717) is 30.9 Å². The number of hydrogen-bond acceptors (Lipinski definition) is 2. The molecule has 0 saturated heterocycles. The third-order valence-corrected chi connectivity index (χ3v) is 7.45. The predicted molar refractivity (Wildman–Crippen MR) is 121 cm³/mol. The maximum absolute atomic E-state index is 14.4. The number of aliphatic imine (C=N–C) groups is 1. The third-order valence-electron chi connectivity index (χ3n) is 6.65. The van der Waals surface area contributed by atoms with E-state index in [2.05, 4.69) is 10.3 Å². The Balaban J connectivity index is 1.69. The molecule has 2 aromatic rings. The van der Waals surface area contributed by atoms with Gasteiger partial charge in [0.25, 0.3) is 0 Å². The molecular formula is C24H20Cl2F6N2O. The summed E-state index contributed by atoms with van der Waals surface area (Å²) in [6.45, 7) is 0.971. The molecule has 2 aromatic carbocycles. The molecule has 1 amide bonds. The van der Waals surface area contributed by atoms with Gasteiger partial charge in [-0.3, -0.25) is 9.79 Å². The number of rotatable bonds is 4. The molecule has 1 aliphatic heterocycles. The molecule has 1 aliphatic carbocycles. The molecule has 2 unspecified atom stereocenters. The van der Waals surface area contributed by atoms with Crippen molar-refractivity contribution in [3.8, 4) is 0 Å². The zero-order valence-electron chi connectivity index (χ0n) is 18.4. The maximum atomic E-state index is 14.4. The highest BCUT2D eigenvalue weighted by molar-refractivity contribution is 6.42. The number of alkyl halides is 6. The summed E-state index contributed by atoms with van der Waals surface area (Å²) in [5.74, 6) is -0.0955. The van der Waals surface area contributed by atoms with Gasteiger partial charge in [0.2, 0.25) is 5.91 Å². The molecule has 35 heavy (non-hydrogen) atoms. The van der Waals surface area contributed by atoms with Crippen LogP contribution in [-0.4, -0.2) is 24.3 Å². The van der Waals surface area contributed by atoms with Gasteiger partial charge in [0.15, 0.2) is 0 Å². The second-order valence-electron chi connectivity index (χ2n) is 8.76. The standard InChI is InChI=1S/C24H20Cl2F6N2O/c1-2-20(35)34-18-6-4-12-7-13(3-5-15(12)18)19-10-22(11-33-19,24(30,31)32)14-8-16(23(27,28)29)21(26)17(25)9-14/h3,5,7-9,18H,2,4,6,10-11H2,1H3,(H,34,35). The summed E-state index contributed by atoms with van der Waals surface area (Å²) in [7, 11) is 0. The SMILES string of the molecule is CCC(=O)NC1CCc2cc(C3=NCC(c4cc(Cl)c(Cl)c(C(F)(F)F)c4)(C(F)(F)F)C3)ccc21. The largest absolute Gasteiger partial charge is 0.417 e. The average molecular weight is 537 g/mol. The van der Waals surface area contributed by atoms with Crippen LogP contribution in [0.1, 0.15) is 60.0 Å². The quantitative estimate of drug-likeness (QED) is 0.412. The molecule has 0 bridgehead atoms. The first-order chi connectivity index (χ1) is 16.3. The molecule has 3 nitrogen and oxygen atoms in total. The number of carbonyl (C=O) groups excluding carboxylic acids is 1. The minimum atomic E-state index is -4.98. The highest BCUT2D eigenvalue weighted by atomic mass is 35.5. The topological polar surface area (TPSA) is 41.5 Å². The number of fused-ring (bicyclic) bond motifs is 1. The summed E-state index contributed by atoms with van der Waals surface area (Å²) in [5.41, 5.74) is -2.32. The van der Waals surface area contributed by atoms with Crippen molar-refractivity contribution in [2.24, 2.45) is 4.99 Å². The first-order valence-corrected chi connectivity index (χ1v) is 11.6. The van der Waals surface area contributed by atoms with E-state index in [4.69, 9.17) is 23.2 Å². The van der Waals surface area contributed by atoms with Crippen molar-refractivity contribution in [1.29, 1.82) is 0 Å². The highest BCUT2D eigenvalue weighted by Gasteiger charge is 2.59. The van der Waals surface area contributed by atoms with E-state index in [0.717, 1.165) is 17.2 Å². The van der Waals surface area contributed by atoms with Gasteiger partial charge >= 0.3 is 12.4 Å². The van der Waals surface area contributed by atoms with Gasteiger partial charge in [-0.05, 0) is 53.3 Å². The Hall–Kier alpha value is -2.26. The van der Waals surface area contributed by atoms with E-state index >= 15 is 0 Å². The second kappa shape index (κ2) is 9.00. The number of nitrogens with zero attached hydrogens (tertiary/aromatic N) is 1. The Morgan fingerprint density at radius 2 is 1.86 bits per heavy atom. The van der Waals surface area contributed by atoms with Crippen LogP contribution in [0.3, 0.4) is 0 Å². The summed E-state index contributed by atoms with van der Waals surface area (Å²) in [6, 6.07) is 6.24. The lowest BCUT2D eigenvalue weighted by atomic mass is 9.76. The lowest BCUT2D eigenvalue weighted by molar-refractivity contribution is -0.184. The van der Waals surface area contributed by atoms with Crippen molar-refractivity contribution in [3.63, 3.8) is 0 Å². The van der Waals surface area contributed by atoms with Crippen molar-refractivity contribution >= 4 is 34.8 Å². The Morgan fingerprint density at radius 1 is 1.14 bits per heavy atom. The number of benzene rings is 2. The fraction of sp³-hybridized carbons (Fsp3) is 0.417. The predicted octanol–water partition coefficient (Wildman–Crippen LogP) is 7.22. The number of amides is 1. The molecule has 4 rings (SSSR count). The van der Waals surface area contributed by atoms with Gasteiger partial charge in [-0.25, -0.2) is 0 Å². The van der Waals surface area contributed by atoms with Crippen LogP contribution in [0, 0.1) is 0 Å². The lowest BCUT2D eigenvalue weighted by Crippen LogP contribution is -2.44. The van der Waals surface area contributed by atoms with Gasteiger partial charge in [0, 0.05) is 18.6 Å². The molecule has 1 N–H and O–H groups in total. The van der Waals surface area contributed by atoms with Crippen molar-refractivity contribution in [2.75, 3.05) is 6.54 Å². The van der Waals surface area contributed by atoms with E-state index in [1.165, 1.54) is 0 Å².